The van der Waals surface area contributed by atoms with Gasteiger partial charge < -0.3 is 10.6 Å². The molecule has 2 aliphatic rings. The van der Waals surface area contributed by atoms with E-state index in [0.29, 0.717) is 0 Å². The minimum Gasteiger partial charge on any atom is -0.330 e. The molecule has 0 amide bonds. The van der Waals surface area contributed by atoms with Crippen molar-refractivity contribution in [3.63, 3.8) is 0 Å². The van der Waals surface area contributed by atoms with Crippen LogP contribution in [0.4, 0.5) is 0 Å². The van der Waals surface area contributed by atoms with Gasteiger partial charge in [-0.25, -0.2) is 0 Å². The van der Waals surface area contributed by atoms with Gasteiger partial charge in [0.05, 0.1) is 0 Å². The number of likely N-dealkylation sites (tertiary alicyclic amines) is 2. The summed E-state index contributed by atoms with van der Waals surface area (Å²) in [5.41, 5.74) is 8.50. The molecule has 2 saturated heterocycles. The molecule has 3 nitrogen and oxygen atoms in total. The summed E-state index contributed by atoms with van der Waals surface area (Å²) in [7, 11) is 0. The lowest BCUT2D eigenvalue weighted by atomic mass is 9.95. The summed E-state index contributed by atoms with van der Waals surface area (Å²) in [6.45, 7) is 8.40. The SMILES string of the molecule is Cl.Cl.NCCc1cccc(CN2CCC(CN3CCCCC3)CC2)c1. The van der Waals surface area contributed by atoms with Crippen molar-refractivity contribution in [1.82, 2.24) is 9.80 Å². The van der Waals surface area contributed by atoms with Crippen LogP contribution in [0.3, 0.4) is 0 Å². The Morgan fingerprint density at radius 3 is 2.24 bits per heavy atom. The second-order valence-corrected chi connectivity index (χ2v) is 7.44. The van der Waals surface area contributed by atoms with Crippen molar-refractivity contribution in [2.45, 2.75) is 45.1 Å². The van der Waals surface area contributed by atoms with Crippen LogP contribution >= 0.6 is 24.8 Å². The highest BCUT2D eigenvalue weighted by Gasteiger charge is 2.22. The molecule has 0 saturated carbocycles. The van der Waals surface area contributed by atoms with Gasteiger partial charge in [-0.1, -0.05) is 30.7 Å². The van der Waals surface area contributed by atoms with Gasteiger partial charge in [-0.2, -0.15) is 0 Å². The van der Waals surface area contributed by atoms with E-state index in [2.05, 4.69) is 34.1 Å². The second-order valence-electron chi connectivity index (χ2n) is 7.44. The molecule has 2 heterocycles. The average Bonchev–Trinajstić information content (AvgIpc) is 2.58. The lowest BCUT2D eigenvalue weighted by Crippen LogP contribution is -2.40. The van der Waals surface area contributed by atoms with Crippen LogP contribution in [0, 0.1) is 5.92 Å². The Kier molecular flexibility index (Phi) is 11.0. The molecular weight excluding hydrogens is 353 g/mol. The van der Waals surface area contributed by atoms with Gasteiger partial charge in [0.15, 0.2) is 0 Å². The summed E-state index contributed by atoms with van der Waals surface area (Å²) in [5.74, 6) is 0.924. The standard InChI is InChI=1S/C20H33N3.2ClH/c21-10-7-18-5-4-6-20(15-18)17-23-13-8-19(9-14-23)16-22-11-2-1-3-12-22;;/h4-6,15,19H,1-3,7-14,16-17,21H2;2*1H. The van der Waals surface area contributed by atoms with Crippen LogP contribution in [-0.4, -0.2) is 49.1 Å². The Bertz CT molecular complexity index is 470. The summed E-state index contributed by atoms with van der Waals surface area (Å²) in [6, 6.07) is 8.98. The topological polar surface area (TPSA) is 32.5 Å². The van der Waals surface area contributed by atoms with E-state index in [9.17, 15) is 0 Å². The molecule has 2 aliphatic heterocycles. The molecule has 1 aromatic carbocycles. The number of nitrogens with two attached hydrogens (primary N) is 1. The van der Waals surface area contributed by atoms with Crippen molar-refractivity contribution in [3.05, 3.63) is 35.4 Å². The number of hydrogen-bond acceptors (Lipinski definition) is 3. The summed E-state index contributed by atoms with van der Waals surface area (Å²) in [4.78, 5) is 5.34. The second kappa shape index (κ2) is 12.1. The first-order chi connectivity index (χ1) is 11.3. The lowest BCUT2D eigenvalue weighted by molar-refractivity contribution is 0.128. The number of piperidine rings is 2. The van der Waals surface area contributed by atoms with E-state index in [1.165, 1.54) is 76.0 Å². The van der Waals surface area contributed by atoms with Crippen molar-refractivity contribution in [1.29, 1.82) is 0 Å². The minimum atomic E-state index is 0. The van der Waals surface area contributed by atoms with Crippen LogP contribution in [-0.2, 0) is 13.0 Å². The van der Waals surface area contributed by atoms with Crippen molar-refractivity contribution < 1.29 is 0 Å². The maximum atomic E-state index is 5.67. The smallest absolute Gasteiger partial charge is 0.0233 e. The van der Waals surface area contributed by atoms with Crippen LogP contribution in [0.25, 0.3) is 0 Å². The molecule has 0 bridgehead atoms. The molecule has 2 fully saturated rings. The first kappa shape index (κ1) is 22.7. The first-order valence-electron chi connectivity index (χ1n) is 9.56. The molecule has 3 rings (SSSR count). The third-order valence-corrected chi connectivity index (χ3v) is 5.50. The number of rotatable bonds is 6. The van der Waals surface area contributed by atoms with Crippen LogP contribution in [0.15, 0.2) is 24.3 Å². The van der Waals surface area contributed by atoms with Gasteiger partial charge >= 0.3 is 0 Å². The monoisotopic (exact) mass is 387 g/mol. The molecule has 144 valence electrons. The number of nitrogens with zero attached hydrogens (tertiary/aromatic N) is 2. The van der Waals surface area contributed by atoms with E-state index in [0.717, 1.165) is 25.4 Å². The van der Waals surface area contributed by atoms with Gasteiger partial charge in [-0.3, -0.25) is 4.90 Å². The Morgan fingerprint density at radius 2 is 1.56 bits per heavy atom. The maximum absolute atomic E-state index is 5.67. The van der Waals surface area contributed by atoms with Crippen molar-refractivity contribution in [2.24, 2.45) is 11.7 Å². The van der Waals surface area contributed by atoms with E-state index >= 15 is 0 Å². The highest BCUT2D eigenvalue weighted by atomic mass is 35.5. The Labute approximate surface area is 166 Å². The Hall–Kier alpha value is -0.320. The highest BCUT2D eigenvalue weighted by molar-refractivity contribution is 5.85. The highest BCUT2D eigenvalue weighted by Crippen LogP contribution is 2.22. The quantitative estimate of drug-likeness (QED) is 0.806. The number of benzene rings is 1. The molecule has 0 atom stereocenters. The normalized spacial score (nSPS) is 19.9. The fourth-order valence-electron chi connectivity index (χ4n) is 4.14. The fraction of sp³-hybridized carbons (Fsp3) is 0.700. The average molecular weight is 388 g/mol. The molecule has 5 heteroatoms. The molecule has 0 aliphatic carbocycles. The molecule has 2 N–H and O–H groups in total. The van der Waals surface area contributed by atoms with Gasteiger partial charge in [-0.15, -0.1) is 24.8 Å². The molecule has 0 aromatic heterocycles. The Morgan fingerprint density at radius 1 is 0.880 bits per heavy atom. The third-order valence-electron chi connectivity index (χ3n) is 5.50. The van der Waals surface area contributed by atoms with Crippen LogP contribution in [0.5, 0.6) is 0 Å². The summed E-state index contributed by atoms with van der Waals surface area (Å²) >= 11 is 0. The maximum Gasteiger partial charge on any atom is 0.0233 e. The van der Waals surface area contributed by atoms with E-state index < -0.39 is 0 Å². The summed E-state index contributed by atoms with van der Waals surface area (Å²) < 4.78 is 0. The van der Waals surface area contributed by atoms with Crippen molar-refractivity contribution in [3.8, 4) is 0 Å². The molecule has 0 unspecified atom stereocenters. The number of hydrogen-bond donors (Lipinski definition) is 1. The van der Waals surface area contributed by atoms with Gasteiger partial charge in [0.25, 0.3) is 0 Å². The molecule has 0 spiro atoms. The summed E-state index contributed by atoms with van der Waals surface area (Å²) in [5, 5.41) is 0. The zero-order chi connectivity index (χ0) is 15.9. The van der Waals surface area contributed by atoms with E-state index in [1.807, 2.05) is 0 Å². The lowest BCUT2D eigenvalue weighted by Gasteiger charge is -2.36. The van der Waals surface area contributed by atoms with Gasteiger partial charge in [0.1, 0.15) is 0 Å². The molecule has 1 aromatic rings. The van der Waals surface area contributed by atoms with E-state index in [1.54, 1.807) is 0 Å². The molecule has 25 heavy (non-hydrogen) atoms. The van der Waals surface area contributed by atoms with Gasteiger partial charge in [-0.05, 0) is 81.9 Å². The van der Waals surface area contributed by atoms with Crippen LogP contribution < -0.4 is 5.73 Å². The van der Waals surface area contributed by atoms with E-state index in [4.69, 9.17) is 5.73 Å². The van der Waals surface area contributed by atoms with Crippen LogP contribution in [0.1, 0.15) is 43.2 Å². The Balaban J connectivity index is 0.00000156. The van der Waals surface area contributed by atoms with Crippen molar-refractivity contribution >= 4 is 24.8 Å². The molecule has 0 radical (unpaired) electrons. The van der Waals surface area contributed by atoms with Gasteiger partial charge in [0.2, 0.25) is 0 Å². The van der Waals surface area contributed by atoms with Crippen LogP contribution in [0.2, 0.25) is 0 Å². The zero-order valence-electron chi connectivity index (χ0n) is 15.4. The first-order valence-corrected chi connectivity index (χ1v) is 9.56. The predicted octanol–water partition coefficient (Wildman–Crippen LogP) is 3.73. The fourth-order valence-corrected chi connectivity index (χ4v) is 4.14. The minimum absolute atomic E-state index is 0. The molecular formula is C20H35Cl2N3. The predicted molar refractivity (Wildman–Crippen MR) is 112 cm³/mol. The van der Waals surface area contributed by atoms with Gasteiger partial charge in [0, 0.05) is 13.1 Å². The summed E-state index contributed by atoms with van der Waals surface area (Å²) in [6.07, 6.45) is 8.01. The van der Waals surface area contributed by atoms with E-state index in [-0.39, 0.29) is 24.8 Å². The third kappa shape index (κ3) is 7.44. The number of halogens is 2. The van der Waals surface area contributed by atoms with Crippen molar-refractivity contribution in [2.75, 3.05) is 39.3 Å². The largest absolute Gasteiger partial charge is 0.330 e. The zero-order valence-corrected chi connectivity index (χ0v) is 17.0.